The molecule has 1 N–H and O–H groups in total. The van der Waals surface area contributed by atoms with Crippen molar-refractivity contribution in [2.75, 3.05) is 13.2 Å². The van der Waals surface area contributed by atoms with E-state index in [1.54, 1.807) is 11.8 Å². The summed E-state index contributed by atoms with van der Waals surface area (Å²) in [5.41, 5.74) is 2.32. The molecule has 25 heavy (non-hydrogen) atoms. The van der Waals surface area contributed by atoms with Crippen LogP contribution in [0.25, 0.3) is 0 Å². The summed E-state index contributed by atoms with van der Waals surface area (Å²) in [5.74, 6) is 0.897. The zero-order valence-corrected chi connectivity index (χ0v) is 16.4. The number of nitrogens with one attached hydrogen (secondary N) is 1. The number of hydrogen-bond donors (Lipinski definition) is 1. The predicted molar refractivity (Wildman–Crippen MR) is 106 cm³/mol. The van der Waals surface area contributed by atoms with Crippen molar-refractivity contribution >= 4 is 29.3 Å². The highest BCUT2D eigenvalue weighted by Gasteiger charge is 2.17. The van der Waals surface area contributed by atoms with Crippen molar-refractivity contribution in [1.82, 2.24) is 5.32 Å². The number of carbonyl (C=O) groups is 1. The zero-order valence-electron chi connectivity index (χ0n) is 14.8. The summed E-state index contributed by atoms with van der Waals surface area (Å²) in [6.45, 7) is 7.04. The molecule has 1 atom stereocenters. The summed E-state index contributed by atoms with van der Waals surface area (Å²) in [5, 5.41) is 3.53. The molecule has 1 amide bonds. The van der Waals surface area contributed by atoms with Crippen LogP contribution in [-0.4, -0.2) is 24.3 Å². The predicted octanol–water partition coefficient (Wildman–Crippen LogP) is 5.02. The summed E-state index contributed by atoms with van der Waals surface area (Å²) >= 11 is 7.45. The first-order valence-corrected chi connectivity index (χ1v) is 9.65. The van der Waals surface area contributed by atoms with Crippen molar-refractivity contribution in [2.45, 2.75) is 37.3 Å². The van der Waals surface area contributed by atoms with E-state index in [1.165, 1.54) is 5.56 Å². The second-order valence-electron chi connectivity index (χ2n) is 5.88. The quantitative estimate of drug-likeness (QED) is 0.518. The van der Waals surface area contributed by atoms with Gasteiger partial charge >= 0.3 is 0 Å². The number of thioether (sulfide) groups is 1. The van der Waals surface area contributed by atoms with Gasteiger partial charge in [-0.1, -0.05) is 36.2 Å². The molecule has 0 spiro atoms. The van der Waals surface area contributed by atoms with E-state index in [9.17, 15) is 4.79 Å². The maximum atomic E-state index is 12.4. The minimum Gasteiger partial charge on any atom is -0.491 e. The zero-order chi connectivity index (χ0) is 18.2. The van der Waals surface area contributed by atoms with E-state index in [4.69, 9.17) is 16.3 Å². The number of halogens is 1. The molecule has 0 aliphatic rings. The third-order valence-electron chi connectivity index (χ3n) is 3.74. The highest BCUT2D eigenvalue weighted by Crippen LogP contribution is 2.26. The topological polar surface area (TPSA) is 38.3 Å². The molecule has 5 heteroatoms. The van der Waals surface area contributed by atoms with Gasteiger partial charge in [0.1, 0.15) is 12.4 Å². The minimum absolute atomic E-state index is 0.0340. The van der Waals surface area contributed by atoms with E-state index in [1.807, 2.05) is 50.2 Å². The van der Waals surface area contributed by atoms with Crippen LogP contribution in [0.2, 0.25) is 5.02 Å². The van der Waals surface area contributed by atoms with Crippen LogP contribution in [0.3, 0.4) is 0 Å². The number of amides is 1. The van der Waals surface area contributed by atoms with Crippen molar-refractivity contribution < 1.29 is 9.53 Å². The van der Waals surface area contributed by atoms with Gasteiger partial charge in [-0.05, 0) is 56.2 Å². The normalized spacial score (nSPS) is 11.8. The molecular formula is C20H24ClNO2S. The molecule has 0 aliphatic carbocycles. The van der Waals surface area contributed by atoms with Gasteiger partial charge in [-0.2, -0.15) is 0 Å². The molecule has 3 nitrogen and oxygen atoms in total. The Morgan fingerprint density at radius 1 is 1.20 bits per heavy atom. The highest BCUT2D eigenvalue weighted by atomic mass is 35.5. The summed E-state index contributed by atoms with van der Waals surface area (Å²) in [6.07, 6.45) is 0.761. The fourth-order valence-corrected chi connectivity index (χ4v) is 3.51. The first kappa shape index (κ1) is 19.7. The third kappa shape index (κ3) is 6.29. The van der Waals surface area contributed by atoms with Gasteiger partial charge in [0.25, 0.3) is 0 Å². The van der Waals surface area contributed by atoms with Crippen LogP contribution in [0.1, 0.15) is 24.5 Å². The Balaban J connectivity index is 1.78. The van der Waals surface area contributed by atoms with Crippen LogP contribution in [-0.2, 0) is 4.79 Å². The van der Waals surface area contributed by atoms with Gasteiger partial charge in [0.2, 0.25) is 5.91 Å². The highest BCUT2D eigenvalue weighted by molar-refractivity contribution is 8.00. The fourth-order valence-electron chi connectivity index (χ4n) is 2.41. The molecule has 0 saturated heterocycles. The molecule has 0 aliphatic heterocycles. The molecule has 0 radical (unpaired) electrons. The second kappa shape index (κ2) is 9.73. The first-order valence-electron chi connectivity index (χ1n) is 8.39. The van der Waals surface area contributed by atoms with Crippen LogP contribution in [0, 0.1) is 13.8 Å². The van der Waals surface area contributed by atoms with Gasteiger partial charge in [0.05, 0.1) is 11.8 Å². The van der Waals surface area contributed by atoms with E-state index in [0.717, 1.165) is 22.6 Å². The monoisotopic (exact) mass is 377 g/mol. The number of ether oxygens (including phenoxy) is 1. The van der Waals surface area contributed by atoms with Crippen molar-refractivity contribution in [3.63, 3.8) is 0 Å². The molecule has 0 fully saturated rings. The van der Waals surface area contributed by atoms with Gasteiger partial charge in [0, 0.05) is 9.92 Å². The third-order valence-corrected chi connectivity index (χ3v) is 5.37. The lowest BCUT2D eigenvalue weighted by molar-refractivity contribution is -0.120. The maximum absolute atomic E-state index is 12.4. The summed E-state index contributed by atoms with van der Waals surface area (Å²) in [6, 6.07) is 13.6. The second-order valence-corrected chi connectivity index (χ2v) is 7.59. The Morgan fingerprint density at radius 2 is 1.92 bits per heavy atom. The molecule has 2 rings (SSSR count). The molecule has 0 aromatic heterocycles. The average molecular weight is 378 g/mol. The molecule has 0 heterocycles. The van der Waals surface area contributed by atoms with Crippen LogP contribution in [0.4, 0.5) is 0 Å². The van der Waals surface area contributed by atoms with Gasteiger partial charge in [-0.15, -0.1) is 11.8 Å². The Hall–Kier alpha value is -1.65. The molecule has 0 saturated carbocycles. The van der Waals surface area contributed by atoms with Gasteiger partial charge < -0.3 is 10.1 Å². The van der Waals surface area contributed by atoms with E-state index >= 15 is 0 Å². The molecule has 2 aromatic carbocycles. The largest absolute Gasteiger partial charge is 0.491 e. The SMILES string of the molecule is CCC(Sc1ccc(Cl)cc1)C(=O)NCCOc1ccc(C)cc1C. The number of benzene rings is 2. The average Bonchev–Trinajstić information content (AvgIpc) is 2.59. The summed E-state index contributed by atoms with van der Waals surface area (Å²) in [7, 11) is 0. The molecule has 2 aromatic rings. The van der Waals surface area contributed by atoms with Crippen LogP contribution in [0.5, 0.6) is 5.75 Å². The number of hydrogen-bond acceptors (Lipinski definition) is 3. The summed E-state index contributed by atoms with van der Waals surface area (Å²) in [4.78, 5) is 13.4. The van der Waals surface area contributed by atoms with Gasteiger partial charge in [-0.25, -0.2) is 0 Å². The minimum atomic E-state index is -0.123. The molecule has 134 valence electrons. The Kier molecular flexibility index (Phi) is 7.66. The lowest BCUT2D eigenvalue weighted by Crippen LogP contribution is -2.35. The van der Waals surface area contributed by atoms with E-state index < -0.39 is 0 Å². The standard InChI is InChI=1S/C20H24ClNO2S/c1-4-19(25-17-8-6-16(21)7-9-17)20(23)22-11-12-24-18-10-5-14(2)13-15(18)3/h5-10,13,19H,4,11-12H2,1-3H3,(H,22,23). The smallest absolute Gasteiger partial charge is 0.233 e. The number of aryl methyl sites for hydroxylation is 2. The molecule has 1 unspecified atom stereocenters. The number of rotatable bonds is 8. The molecular weight excluding hydrogens is 354 g/mol. The van der Waals surface area contributed by atoms with Crippen LogP contribution in [0.15, 0.2) is 47.4 Å². The van der Waals surface area contributed by atoms with Crippen molar-refractivity contribution in [2.24, 2.45) is 0 Å². The molecule has 0 bridgehead atoms. The fraction of sp³-hybridized carbons (Fsp3) is 0.350. The van der Waals surface area contributed by atoms with Crippen LogP contribution < -0.4 is 10.1 Å². The van der Waals surface area contributed by atoms with Gasteiger partial charge in [0.15, 0.2) is 0 Å². The van der Waals surface area contributed by atoms with Gasteiger partial charge in [-0.3, -0.25) is 4.79 Å². The Bertz CT molecular complexity index is 703. The maximum Gasteiger partial charge on any atom is 0.233 e. The Morgan fingerprint density at radius 3 is 2.56 bits per heavy atom. The van der Waals surface area contributed by atoms with Crippen molar-refractivity contribution in [3.8, 4) is 5.75 Å². The first-order chi connectivity index (χ1) is 12.0. The van der Waals surface area contributed by atoms with Crippen LogP contribution >= 0.6 is 23.4 Å². The number of carbonyl (C=O) groups excluding carboxylic acids is 1. The van der Waals surface area contributed by atoms with E-state index in [-0.39, 0.29) is 11.2 Å². The Labute approximate surface area is 159 Å². The lowest BCUT2D eigenvalue weighted by Gasteiger charge is -2.15. The van der Waals surface area contributed by atoms with E-state index in [0.29, 0.717) is 18.2 Å². The summed E-state index contributed by atoms with van der Waals surface area (Å²) < 4.78 is 5.75. The lowest BCUT2D eigenvalue weighted by atomic mass is 10.1. The van der Waals surface area contributed by atoms with Crippen molar-refractivity contribution in [1.29, 1.82) is 0 Å². The van der Waals surface area contributed by atoms with E-state index in [2.05, 4.69) is 18.3 Å². The van der Waals surface area contributed by atoms with Crippen molar-refractivity contribution in [3.05, 3.63) is 58.6 Å².